The highest BCUT2D eigenvalue weighted by molar-refractivity contribution is 7.47. The molecule has 250 valence electrons. The van der Waals surface area contributed by atoms with Crippen molar-refractivity contribution in [1.82, 2.24) is 0 Å². The SMILES string of the molecule is CCCCCCCCCCCCCCCCCCCOCC(COP(=O)(O)OCCC[N+](C)(C)C)OC(=O)CC(C)=O. The van der Waals surface area contributed by atoms with E-state index in [1.165, 1.54) is 103 Å². The van der Waals surface area contributed by atoms with E-state index in [-0.39, 0.29) is 32.0 Å². The molecule has 0 rings (SSSR count). The lowest BCUT2D eigenvalue weighted by Crippen LogP contribution is -2.35. The van der Waals surface area contributed by atoms with Crippen LogP contribution in [0.2, 0.25) is 0 Å². The van der Waals surface area contributed by atoms with Crippen molar-refractivity contribution in [2.45, 2.75) is 142 Å². The van der Waals surface area contributed by atoms with Crippen molar-refractivity contribution in [3.05, 3.63) is 0 Å². The molecule has 0 aromatic carbocycles. The molecule has 0 fully saturated rings. The van der Waals surface area contributed by atoms with Gasteiger partial charge in [0, 0.05) is 13.0 Å². The number of carbonyl (C=O) groups is 2. The molecule has 0 aromatic heterocycles. The van der Waals surface area contributed by atoms with Crippen LogP contribution in [0.4, 0.5) is 0 Å². The number of esters is 1. The van der Waals surface area contributed by atoms with Crippen LogP contribution in [0.1, 0.15) is 136 Å². The summed E-state index contributed by atoms with van der Waals surface area (Å²) in [4.78, 5) is 33.2. The van der Waals surface area contributed by atoms with E-state index in [4.69, 9.17) is 18.5 Å². The molecule has 0 saturated heterocycles. The minimum Gasteiger partial charge on any atom is -0.457 e. The van der Waals surface area contributed by atoms with Crippen LogP contribution in [0.15, 0.2) is 0 Å². The predicted octanol–water partition coefficient (Wildman–Crippen LogP) is 7.78. The number of ketones is 1. The Bertz CT molecular complexity index is 713. The van der Waals surface area contributed by atoms with Crippen LogP contribution in [0.3, 0.4) is 0 Å². The van der Waals surface area contributed by atoms with Gasteiger partial charge in [0.05, 0.1) is 47.5 Å². The summed E-state index contributed by atoms with van der Waals surface area (Å²) in [6, 6.07) is 0. The van der Waals surface area contributed by atoms with E-state index in [9.17, 15) is 19.0 Å². The van der Waals surface area contributed by atoms with Gasteiger partial charge in [-0.1, -0.05) is 110 Å². The maximum Gasteiger partial charge on any atom is 0.472 e. The summed E-state index contributed by atoms with van der Waals surface area (Å²) in [5.41, 5.74) is 0. The number of unbranched alkanes of at least 4 members (excludes halogenated alkanes) is 16. The first-order valence-electron chi connectivity index (χ1n) is 16.6. The van der Waals surface area contributed by atoms with Crippen molar-refractivity contribution >= 4 is 19.6 Å². The van der Waals surface area contributed by atoms with Gasteiger partial charge in [-0.3, -0.25) is 18.6 Å². The van der Waals surface area contributed by atoms with Crippen molar-refractivity contribution in [1.29, 1.82) is 0 Å². The molecule has 0 radical (unpaired) electrons. The summed E-state index contributed by atoms with van der Waals surface area (Å²) in [5.74, 6) is -1.04. The molecule has 9 nitrogen and oxygen atoms in total. The molecular formula is C32H65NO8P+. The van der Waals surface area contributed by atoms with Gasteiger partial charge in [-0.2, -0.15) is 0 Å². The Hall–Kier alpha value is -0.830. The highest BCUT2D eigenvalue weighted by Crippen LogP contribution is 2.43. The maximum absolute atomic E-state index is 12.2. The molecule has 0 amide bonds. The quantitative estimate of drug-likeness (QED) is 0.0275. The molecule has 42 heavy (non-hydrogen) atoms. The monoisotopic (exact) mass is 622 g/mol. The largest absolute Gasteiger partial charge is 0.472 e. The number of phosphoric ester groups is 1. The standard InChI is InChI=1S/C32H64NO8P/c1-6-7-8-9-10-11-12-13-14-15-16-17-18-19-20-21-22-25-38-28-31(41-32(35)27-30(2)34)29-40-42(36,37)39-26-23-24-33(3,4)5/h31H,6-29H2,1-5H3/p+1. The summed E-state index contributed by atoms with van der Waals surface area (Å²) in [6.45, 7) is 4.58. The third-order valence-electron chi connectivity index (χ3n) is 7.04. The molecule has 0 aliphatic rings. The highest BCUT2D eigenvalue weighted by atomic mass is 31.2. The Kier molecular flexibility index (Phi) is 26.0. The van der Waals surface area contributed by atoms with Crippen LogP contribution in [-0.2, 0) is 32.7 Å². The van der Waals surface area contributed by atoms with Crippen LogP contribution in [0.25, 0.3) is 0 Å². The number of carbonyl (C=O) groups excluding carboxylic acids is 2. The lowest BCUT2D eigenvalue weighted by atomic mass is 10.0. The first-order valence-corrected chi connectivity index (χ1v) is 18.1. The van der Waals surface area contributed by atoms with Crippen LogP contribution in [0, 0.1) is 0 Å². The van der Waals surface area contributed by atoms with E-state index >= 15 is 0 Å². The van der Waals surface area contributed by atoms with Crippen molar-refractivity contribution < 1.29 is 42.1 Å². The number of rotatable bonds is 31. The average Bonchev–Trinajstić information content (AvgIpc) is 2.90. The van der Waals surface area contributed by atoms with Crippen LogP contribution in [0.5, 0.6) is 0 Å². The van der Waals surface area contributed by atoms with E-state index in [2.05, 4.69) is 6.92 Å². The van der Waals surface area contributed by atoms with E-state index in [1.54, 1.807) is 0 Å². The molecule has 1 N–H and O–H groups in total. The molecule has 0 spiro atoms. The fourth-order valence-electron chi connectivity index (χ4n) is 4.62. The predicted molar refractivity (Wildman–Crippen MR) is 169 cm³/mol. The van der Waals surface area contributed by atoms with Gasteiger partial charge in [0.15, 0.2) is 0 Å². The zero-order valence-electron chi connectivity index (χ0n) is 27.7. The fourth-order valence-corrected chi connectivity index (χ4v) is 5.41. The first-order chi connectivity index (χ1) is 19.9. The van der Waals surface area contributed by atoms with Gasteiger partial charge in [-0.25, -0.2) is 4.57 Å². The molecule has 0 aliphatic heterocycles. The van der Waals surface area contributed by atoms with Crippen LogP contribution < -0.4 is 0 Å². The number of phosphoric acid groups is 1. The molecule has 0 bridgehead atoms. The Labute approximate surface area is 257 Å². The van der Waals surface area contributed by atoms with Crippen LogP contribution in [-0.4, -0.2) is 81.3 Å². The highest BCUT2D eigenvalue weighted by Gasteiger charge is 2.26. The Morgan fingerprint density at radius 3 is 1.62 bits per heavy atom. The second-order valence-electron chi connectivity index (χ2n) is 12.7. The number of nitrogens with zero attached hydrogens (tertiary/aromatic N) is 1. The van der Waals surface area contributed by atoms with Gasteiger partial charge in [0.2, 0.25) is 0 Å². The molecular weight excluding hydrogens is 557 g/mol. The molecule has 10 heteroatoms. The lowest BCUT2D eigenvalue weighted by Gasteiger charge is -2.24. The zero-order valence-corrected chi connectivity index (χ0v) is 28.6. The van der Waals surface area contributed by atoms with Crippen molar-refractivity contribution in [3.63, 3.8) is 0 Å². The second-order valence-corrected chi connectivity index (χ2v) is 14.1. The number of ether oxygens (including phenoxy) is 2. The van der Waals surface area contributed by atoms with Crippen molar-refractivity contribution in [2.75, 3.05) is 54.1 Å². The molecule has 2 unspecified atom stereocenters. The number of hydrogen-bond acceptors (Lipinski definition) is 7. The zero-order chi connectivity index (χ0) is 31.5. The van der Waals surface area contributed by atoms with Gasteiger partial charge in [-0.05, 0) is 13.3 Å². The number of hydrogen-bond donors (Lipinski definition) is 1. The lowest BCUT2D eigenvalue weighted by molar-refractivity contribution is -0.870. The third kappa shape index (κ3) is 30.6. The Morgan fingerprint density at radius 1 is 0.690 bits per heavy atom. The molecule has 0 aliphatic carbocycles. The summed E-state index contributed by atoms with van der Waals surface area (Å²) < 4.78 is 34.0. The minimum atomic E-state index is -4.30. The first kappa shape index (κ1) is 41.2. The van der Waals surface area contributed by atoms with E-state index < -0.39 is 19.9 Å². The molecule has 2 atom stereocenters. The maximum atomic E-state index is 12.2. The van der Waals surface area contributed by atoms with Crippen molar-refractivity contribution in [2.24, 2.45) is 0 Å². The van der Waals surface area contributed by atoms with Gasteiger partial charge >= 0.3 is 13.8 Å². The molecule has 0 heterocycles. The van der Waals surface area contributed by atoms with Gasteiger partial charge in [0.25, 0.3) is 0 Å². The molecule has 0 saturated carbocycles. The fraction of sp³-hybridized carbons (Fsp3) is 0.938. The normalized spacial score (nSPS) is 14.0. The summed E-state index contributed by atoms with van der Waals surface area (Å²) in [5, 5.41) is 0. The average molecular weight is 623 g/mol. The Balaban J connectivity index is 3.96. The van der Waals surface area contributed by atoms with Crippen LogP contribution >= 0.6 is 7.82 Å². The minimum absolute atomic E-state index is 0.0179. The third-order valence-corrected chi connectivity index (χ3v) is 8.02. The summed E-state index contributed by atoms with van der Waals surface area (Å²) in [6.07, 6.45) is 21.5. The van der Waals surface area contributed by atoms with E-state index in [0.29, 0.717) is 17.5 Å². The summed E-state index contributed by atoms with van der Waals surface area (Å²) in [7, 11) is 1.77. The topological polar surface area (TPSA) is 108 Å². The molecule has 0 aromatic rings. The Morgan fingerprint density at radius 2 is 1.17 bits per heavy atom. The smallest absolute Gasteiger partial charge is 0.457 e. The van der Waals surface area contributed by atoms with Gasteiger partial charge in [-0.15, -0.1) is 0 Å². The number of quaternary nitrogens is 1. The van der Waals surface area contributed by atoms with E-state index in [0.717, 1.165) is 19.4 Å². The summed E-state index contributed by atoms with van der Waals surface area (Å²) >= 11 is 0. The van der Waals surface area contributed by atoms with Gasteiger partial charge < -0.3 is 18.9 Å². The number of Topliss-reactive ketones (excluding diaryl/α,β-unsaturated/α-hetero) is 1. The van der Waals surface area contributed by atoms with E-state index in [1.807, 2.05) is 21.1 Å². The van der Waals surface area contributed by atoms with Gasteiger partial charge in [0.1, 0.15) is 18.3 Å². The van der Waals surface area contributed by atoms with Crippen molar-refractivity contribution in [3.8, 4) is 0 Å². The second kappa shape index (κ2) is 26.6.